The highest BCUT2D eigenvalue weighted by molar-refractivity contribution is 5.94. The molecule has 1 amide bonds. The molecule has 114 valence electrons. The number of ether oxygens (including phenoxy) is 2. The molecule has 5 nitrogen and oxygen atoms in total. The fourth-order valence-electron chi connectivity index (χ4n) is 1.84. The van der Waals surface area contributed by atoms with Gasteiger partial charge in [0.15, 0.2) is 0 Å². The Balaban J connectivity index is 2.75. The minimum atomic E-state index is -0.166. The molecule has 1 rings (SSSR count). The zero-order valence-corrected chi connectivity index (χ0v) is 12.7. The summed E-state index contributed by atoms with van der Waals surface area (Å²) in [5, 5.41) is 2.83. The number of rotatable bonds is 6. The Labute approximate surface area is 125 Å². The van der Waals surface area contributed by atoms with E-state index in [0.29, 0.717) is 25.3 Å². The highest BCUT2D eigenvalue weighted by atomic mass is 16.5. The van der Waals surface area contributed by atoms with E-state index in [1.807, 2.05) is 19.1 Å². The number of hydrogen-bond donors (Lipinski definition) is 2. The van der Waals surface area contributed by atoms with E-state index < -0.39 is 0 Å². The summed E-state index contributed by atoms with van der Waals surface area (Å²) >= 11 is 0. The number of hydrogen-bond acceptors (Lipinski definition) is 4. The maximum absolute atomic E-state index is 12.2. The smallest absolute Gasteiger partial charge is 0.251 e. The summed E-state index contributed by atoms with van der Waals surface area (Å²) < 4.78 is 10.2. The number of carbonyl (C=O) groups is 1. The third-order valence-corrected chi connectivity index (χ3v) is 2.85. The number of aryl methyl sites for hydroxylation is 1. The van der Waals surface area contributed by atoms with Gasteiger partial charge in [0.05, 0.1) is 19.3 Å². The van der Waals surface area contributed by atoms with Crippen LogP contribution < -0.4 is 11.1 Å². The summed E-state index contributed by atoms with van der Waals surface area (Å²) in [6.07, 6.45) is -0.166. The lowest BCUT2D eigenvalue weighted by Gasteiger charge is -2.15. The van der Waals surface area contributed by atoms with Gasteiger partial charge < -0.3 is 20.5 Å². The molecule has 0 radical (unpaired) electrons. The van der Waals surface area contributed by atoms with E-state index in [4.69, 9.17) is 15.2 Å². The molecule has 0 saturated carbocycles. The summed E-state index contributed by atoms with van der Waals surface area (Å²) in [6.45, 7) is 3.04. The predicted octanol–water partition coefficient (Wildman–Crippen LogP) is 0.696. The molecule has 1 unspecified atom stereocenters. The molecule has 0 fully saturated rings. The molecule has 1 atom stereocenters. The predicted molar refractivity (Wildman–Crippen MR) is 82.1 cm³/mol. The van der Waals surface area contributed by atoms with E-state index in [9.17, 15) is 4.79 Å². The van der Waals surface area contributed by atoms with E-state index in [0.717, 1.165) is 11.1 Å². The second-order valence-electron chi connectivity index (χ2n) is 4.62. The Morgan fingerprint density at radius 1 is 1.38 bits per heavy atom. The van der Waals surface area contributed by atoms with Crippen LogP contribution in [0.2, 0.25) is 0 Å². The van der Waals surface area contributed by atoms with Crippen LogP contribution in [0.5, 0.6) is 0 Å². The second kappa shape index (κ2) is 9.14. The highest BCUT2D eigenvalue weighted by Gasteiger charge is 2.11. The van der Waals surface area contributed by atoms with Crippen molar-refractivity contribution >= 4 is 5.91 Å². The largest absolute Gasteiger partial charge is 0.382 e. The highest BCUT2D eigenvalue weighted by Crippen LogP contribution is 2.09. The van der Waals surface area contributed by atoms with E-state index in [1.165, 1.54) is 0 Å². The van der Waals surface area contributed by atoms with Crippen LogP contribution in [0.15, 0.2) is 18.2 Å². The van der Waals surface area contributed by atoms with Crippen LogP contribution in [0.3, 0.4) is 0 Å². The summed E-state index contributed by atoms with van der Waals surface area (Å²) in [7, 11) is 3.18. The average molecular weight is 290 g/mol. The van der Waals surface area contributed by atoms with E-state index in [1.54, 1.807) is 20.3 Å². The van der Waals surface area contributed by atoms with Crippen LogP contribution in [0.4, 0.5) is 0 Å². The molecule has 1 aromatic carbocycles. The van der Waals surface area contributed by atoms with Gasteiger partial charge in [-0.15, -0.1) is 0 Å². The average Bonchev–Trinajstić information content (AvgIpc) is 2.48. The first-order valence-electron chi connectivity index (χ1n) is 6.71. The van der Waals surface area contributed by atoms with Gasteiger partial charge in [0, 0.05) is 31.9 Å². The van der Waals surface area contributed by atoms with Crippen LogP contribution in [-0.2, 0) is 9.47 Å². The molecule has 0 heterocycles. The molecule has 1 aromatic rings. The minimum Gasteiger partial charge on any atom is -0.382 e. The van der Waals surface area contributed by atoms with Crippen LogP contribution in [0.1, 0.15) is 21.5 Å². The van der Waals surface area contributed by atoms with Gasteiger partial charge in [-0.25, -0.2) is 0 Å². The van der Waals surface area contributed by atoms with Crippen molar-refractivity contribution in [1.29, 1.82) is 0 Å². The van der Waals surface area contributed by atoms with Crippen molar-refractivity contribution in [3.05, 3.63) is 34.9 Å². The molecule has 0 saturated heterocycles. The zero-order valence-electron chi connectivity index (χ0n) is 12.7. The molecule has 0 bridgehead atoms. The normalized spacial score (nSPS) is 11.4. The molecular weight excluding hydrogens is 268 g/mol. The van der Waals surface area contributed by atoms with Crippen molar-refractivity contribution in [2.24, 2.45) is 5.73 Å². The first kappa shape index (κ1) is 17.2. The first-order valence-corrected chi connectivity index (χ1v) is 6.71. The van der Waals surface area contributed by atoms with Crippen molar-refractivity contribution < 1.29 is 14.3 Å². The molecule has 0 aliphatic rings. The third-order valence-electron chi connectivity index (χ3n) is 2.85. The molecule has 0 aliphatic carbocycles. The SMILES string of the molecule is COCC(CNC(=O)c1cc(C)cc(C#CCN)c1)OC. The molecule has 5 heteroatoms. The van der Waals surface area contributed by atoms with Gasteiger partial charge in [0.25, 0.3) is 5.91 Å². The lowest BCUT2D eigenvalue weighted by atomic mass is 10.1. The van der Waals surface area contributed by atoms with Crippen LogP contribution >= 0.6 is 0 Å². The summed E-state index contributed by atoms with van der Waals surface area (Å²) in [4.78, 5) is 12.2. The van der Waals surface area contributed by atoms with Crippen molar-refractivity contribution in [3.63, 3.8) is 0 Å². The number of nitrogens with two attached hydrogens (primary N) is 1. The Bertz CT molecular complexity index is 532. The topological polar surface area (TPSA) is 73.6 Å². The molecule has 0 aromatic heterocycles. The lowest BCUT2D eigenvalue weighted by molar-refractivity contribution is 0.0285. The summed E-state index contributed by atoms with van der Waals surface area (Å²) in [5.41, 5.74) is 7.69. The van der Waals surface area contributed by atoms with Crippen molar-refractivity contribution in [1.82, 2.24) is 5.32 Å². The zero-order chi connectivity index (χ0) is 15.7. The Hall–Kier alpha value is -1.87. The Morgan fingerprint density at radius 3 is 2.76 bits per heavy atom. The maximum Gasteiger partial charge on any atom is 0.251 e. The van der Waals surface area contributed by atoms with Crippen LogP contribution in [0.25, 0.3) is 0 Å². The number of benzene rings is 1. The van der Waals surface area contributed by atoms with Crippen molar-refractivity contribution in [2.45, 2.75) is 13.0 Å². The maximum atomic E-state index is 12.2. The number of methoxy groups -OCH3 is 2. The molecule has 21 heavy (non-hydrogen) atoms. The van der Waals surface area contributed by atoms with E-state index >= 15 is 0 Å². The molecular formula is C16H22N2O3. The number of amides is 1. The summed E-state index contributed by atoms with van der Waals surface area (Å²) in [6, 6.07) is 5.49. The van der Waals surface area contributed by atoms with Crippen molar-refractivity contribution in [3.8, 4) is 11.8 Å². The standard InChI is InChI=1S/C16H22N2O3/c1-12-7-13(5-4-6-17)9-14(8-12)16(19)18-10-15(21-3)11-20-2/h7-9,15H,6,10-11,17H2,1-3H3,(H,18,19). The van der Waals surface area contributed by atoms with Gasteiger partial charge in [-0.2, -0.15) is 0 Å². The third kappa shape index (κ3) is 5.96. The van der Waals surface area contributed by atoms with E-state index in [2.05, 4.69) is 17.2 Å². The lowest BCUT2D eigenvalue weighted by Crippen LogP contribution is -2.35. The summed E-state index contributed by atoms with van der Waals surface area (Å²) in [5.74, 6) is 5.56. The Kier molecular flexibility index (Phi) is 7.48. The van der Waals surface area contributed by atoms with Gasteiger partial charge in [-0.1, -0.05) is 11.8 Å². The fourth-order valence-corrected chi connectivity index (χ4v) is 1.84. The molecule has 0 aliphatic heterocycles. The van der Waals surface area contributed by atoms with Crippen molar-refractivity contribution in [2.75, 3.05) is 33.9 Å². The molecule has 0 spiro atoms. The molecule has 3 N–H and O–H groups in total. The minimum absolute atomic E-state index is 0.160. The van der Waals surface area contributed by atoms with Gasteiger partial charge in [-0.05, 0) is 30.7 Å². The van der Waals surface area contributed by atoms with Gasteiger partial charge in [0.2, 0.25) is 0 Å². The quantitative estimate of drug-likeness (QED) is 0.756. The van der Waals surface area contributed by atoms with E-state index in [-0.39, 0.29) is 12.0 Å². The number of carbonyl (C=O) groups excluding carboxylic acids is 1. The van der Waals surface area contributed by atoms with Crippen LogP contribution in [-0.4, -0.2) is 45.9 Å². The fraction of sp³-hybridized carbons (Fsp3) is 0.438. The van der Waals surface area contributed by atoms with Crippen LogP contribution in [0, 0.1) is 18.8 Å². The second-order valence-corrected chi connectivity index (χ2v) is 4.62. The van der Waals surface area contributed by atoms with Gasteiger partial charge >= 0.3 is 0 Å². The van der Waals surface area contributed by atoms with Gasteiger partial charge in [0.1, 0.15) is 0 Å². The monoisotopic (exact) mass is 290 g/mol. The number of nitrogens with one attached hydrogen (secondary N) is 1. The first-order chi connectivity index (χ1) is 10.1. The van der Waals surface area contributed by atoms with Gasteiger partial charge in [-0.3, -0.25) is 4.79 Å². The Morgan fingerprint density at radius 2 is 2.14 bits per heavy atom.